The van der Waals surface area contributed by atoms with E-state index < -0.39 is 0 Å². The van der Waals surface area contributed by atoms with Crippen LogP contribution in [0, 0.1) is 6.92 Å². The first-order valence-electron chi connectivity index (χ1n) is 5.52. The molecule has 0 saturated carbocycles. The lowest BCUT2D eigenvalue weighted by atomic mass is 10.2. The van der Waals surface area contributed by atoms with Crippen LogP contribution in [0.1, 0.15) is 17.0 Å². The molecule has 0 bridgehead atoms. The summed E-state index contributed by atoms with van der Waals surface area (Å²) >= 11 is 0. The van der Waals surface area contributed by atoms with Crippen molar-refractivity contribution in [2.24, 2.45) is 5.73 Å². The molecule has 2 aromatic rings. The molecule has 1 aromatic carbocycles. The van der Waals surface area contributed by atoms with Crippen LogP contribution in [0.3, 0.4) is 0 Å². The molecule has 0 saturated heterocycles. The van der Waals surface area contributed by atoms with Crippen molar-refractivity contribution in [1.82, 2.24) is 10.3 Å². The van der Waals surface area contributed by atoms with Gasteiger partial charge in [-0.1, -0.05) is 16.4 Å². The highest BCUT2D eigenvalue weighted by Crippen LogP contribution is 2.25. The van der Waals surface area contributed by atoms with Gasteiger partial charge in [0.25, 0.3) is 0 Å². The number of nitrogens with zero attached hydrogens (tertiary/aromatic N) is 2. The van der Waals surface area contributed by atoms with E-state index in [0.29, 0.717) is 23.7 Å². The van der Waals surface area contributed by atoms with Crippen LogP contribution in [0.2, 0.25) is 0 Å². The summed E-state index contributed by atoms with van der Waals surface area (Å²) in [7, 11) is 1.60. The van der Waals surface area contributed by atoms with E-state index in [1.807, 2.05) is 19.1 Å². The molecule has 0 spiro atoms. The Kier molecular flexibility index (Phi) is 3.78. The van der Waals surface area contributed by atoms with Crippen molar-refractivity contribution in [2.75, 3.05) is 7.11 Å². The second-order valence-corrected chi connectivity index (χ2v) is 3.76. The zero-order chi connectivity index (χ0) is 13.0. The zero-order valence-corrected chi connectivity index (χ0v) is 10.3. The van der Waals surface area contributed by atoms with Crippen LogP contribution in [0.5, 0.6) is 11.5 Å². The largest absolute Gasteiger partial charge is 0.497 e. The summed E-state index contributed by atoms with van der Waals surface area (Å²) in [5.41, 5.74) is 7.94. The van der Waals surface area contributed by atoms with Crippen LogP contribution < -0.4 is 15.2 Å². The van der Waals surface area contributed by atoms with Crippen LogP contribution in [-0.4, -0.2) is 17.4 Å². The van der Waals surface area contributed by atoms with Crippen molar-refractivity contribution in [3.05, 3.63) is 35.2 Å². The normalized spacial score (nSPS) is 10.4. The maximum atomic E-state index is 5.67. The number of hydrogen-bond donors (Lipinski definition) is 1. The molecule has 0 aliphatic rings. The Bertz CT molecular complexity index is 525. The van der Waals surface area contributed by atoms with E-state index in [9.17, 15) is 0 Å². The second kappa shape index (κ2) is 5.50. The number of ether oxygens (including phenoxy) is 2. The molecule has 18 heavy (non-hydrogen) atoms. The van der Waals surface area contributed by atoms with E-state index >= 15 is 0 Å². The first-order chi connectivity index (χ1) is 8.74. The summed E-state index contributed by atoms with van der Waals surface area (Å²) in [4.78, 5) is 0. The fraction of sp³-hybridized carbons (Fsp3) is 0.333. The van der Waals surface area contributed by atoms with Crippen molar-refractivity contribution in [2.45, 2.75) is 20.1 Å². The number of hydrogen-bond acceptors (Lipinski definition) is 6. The molecular formula is C12H15N3O3. The molecule has 0 atom stereocenters. The average Bonchev–Trinajstić information content (AvgIpc) is 2.81. The van der Waals surface area contributed by atoms with Crippen molar-refractivity contribution in [3.8, 4) is 11.5 Å². The molecule has 2 rings (SSSR count). The fourth-order valence-electron chi connectivity index (χ4n) is 1.49. The van der Waals surface area contributed by atoms with Gasteiger partial charge < -0.3 is 15.2 Å². The van der Waals surface area contributed by atoms with E-state index in [4.69, 9.17) is 15.2 Å². The molecular weight excluding hydrogens is 234 g/mol. The van der Waals surface area contributed by atoms with Gasteiger partial charge >= 0.3 is 0 Å². The van der Waals surface area contributed by atoms with Crippen molar-refractivity contribution in [3.63, 3.8) is 0 Å². The number of methoxy groups -OCH3 is 1. The van der Waals surface area contributed by atoms with Gasteiger partial charge in [0.15, 0.2) is 0 Å². The van der Waals surface area contributed by atoms with E-state index in [1.54, 1.807) is 13.2 Å². The summed E-state index contributed by atoms with van der Waals surface area (Å²) < 4.78 is 15.4. The maximum Gasteiger partial charge on any atom is 0.145 e. The van der Waals surface area contributed by atoms with Crippen LogP contribution in [-0.2, 0) is 13.2 Å². The monoisotopic (exact) mass is 249 g/mol. The maximum absolute atomic E-state index is 5.67. The van der Waals surface area contributed by atoms with Gasteiger partial charge in [0.1, 0.15) is 29.5 Å². The minimum atomic E-state index is 0.287. The lowest BCUT2D eigenvalue weighted by Crippen LogP contribution is -2.04. The number of nitrogens with two attached hydrogens (primary N) is 1. The molecule has 0 radical (unpaired) electrons. The Morgan fingerprint density at radius 2 is 2.17 bits per heavy atom. The van der Waals surface area contributed by atoms with Crippen LogP contribution in [0.15, 0.2) is 22.8 Å². The Balaban J connectivity index is 2.14. The van der Waals surface area contributed by atoms with Gasteiger partial charge in [-0.15, -0.1) is 0 Å². The van der Waals surface area contributed by atoms with Crippen LogP contribution in [0.4, 0.5) is 0 Å². The smallest absolute Gasteiger partial charge is 0.145 e. The van der Waals surface area contributed by atoms with E-state index in [-0.39, 0.29) is 6.61 Å². The summed E-state index contributed by atoms with van der Waals surface area (Å²) in [5.74, 6) is 1.40. The number of rotatable bonds is 5. The number of aromatic nitrogens is 2. The van der Waals surface area contributed by atoms with Crippen molar-refractivity contribution < 1.29 is 14.1 Å². The third-order valence-electron chi connectivity index (χ3n) is 2.61. The van der Waals surface area contributed by atoms with E-state index in [1.165, 1.54) is 0 Å². The minimum absolute atomic E-state index is 0.287. The highest BCUT2D eigenvalue weighted by Gasteiger charge is 2.09. The highest BCUT2D eigenvalue weighted by molar-refractivity contribution is 5.40. The van der Waals surface area contributed by atoms with Gasteiger partial charge in [-0.2, -0.15) is 0 Å². The first-order valence-corrected chi connectivity index (χ1v) is 5.52. The molecule has 2 N–H and O–H groups in total. The van der Waals surface area contributed by atoms with Crippen molar-refractivity contribution in [1.29, 1.82) is 0 Å². The van der Waals surface area contributed by atoms with E-state index in [2.05, 4.69) is 14.9 Å². The van der Waals surface area contributed by atoms with Crippen LogP contribution >= 0.6 is 0 Å². The molecule has 6 nitrogen and oxygen atoms in total. The fourth-order valence-corrected chi connectivity index (χ4v) is 1.49. The lowest BCUT2D eigenvalue weighted by molar-refractivity contribution is 0.267. The molecule has 1 heterocycles. The SMILES string of the molecule is COc1ccc(CN)c(OCc2nonc2C)c1. The number of benzene rings is 1. The second-order valence-electron chi connectivity index (χ2n) is 3.76. The predicted molar refractivity (Wildman–Crippen MR) is 64.3 cm³/mol. The van der Waals surface area contributed by atoms with Gasteiger partial charge in [0.2, 0.25) is 0 Å². The molecule has 96 valence electrons. The summed E-state index contributed by atoms with van der Waals surface area (Å²) in [5, 5.41) is 7.45. The van der Waals surface area contributed by atoms with Crippen LogP contribution in [0.25, 0.3) is 0 Å². The quantitative estimate of drug-likeness (QED) is 0.862. The van der Waals surface area contributed by atoms with Gasteiger partial charge in [-0.05, 0) is 13.0 Å². The predicted octanol–water partition coefficient (Wildman–Crippen LogP) is 1.42. The Hall–Kier alpha value is -2.08. The molecule has 0 aliphatic heterocycles. The first kappa shape index (κ1) is 12.4. The summed E-state index contributed by atoms with van der Waals surface area (Å²) in [6.07, 6.45) is 0. The molecule has 0 aliphatic carbocycles. The Labute approximate surface area is 105 Å². The zero-order valence-electron chi connectivity index (χ0n) is 10.3. The number of aryl methyl sites for hydroxylation is 1. The summed E-state index contributed by atoms with van der Waals surface area (Å²) in [6.45, 7) is 2.50. The van der Waals surface area contributed by atoms with Gasteiger partial charge in [-0.3, -0.25) is 0 Å². The van der Waals surface area contributed by atoms with Gasteiger partial charge in [0.05, 0.1) is 7.11 Å². The average molecular weight is 249 g/mol. The molecule has 6 heteroatoms. The topological polar surface area (TPSA) is 83.4 Å². The Morgan fingerprint density at radius 3 is 2.78 bits per heavy atom. The summed E-state index contributed by atoms with van der Waals surface area (Å²) in [6, 6.07) is 5.52. The highest BCUT2D eigenvalue weighted by atomic mass is 16.6. The van der Waals surface area contributed by atoms with E-state index in [0.717, 1.165) is 11.3 Å². The third kappa shape index (κ3) is 2.60. The third-order valence-corrected chi connectivity index (χ3v) is 2.61. The Morgan fingerprint density at radius 1 is 1.33 bits per heavy atom. The standard InChI is InChI=1S/C12H15N3O3/c1-8-11(15-18-14-8)7-17-12-5-10(16-2)4-3-9(12)6-13/h3-5H,6-7,13H2,1-2H3. The minimum Gasteiger partial charge on any atom is -0.497 e. The molecule has 0 amide bonds. The molecule has 1 aromatic heterocycles. The van der Waals surface area contributed by atoms with Gasteiger partial charge in [0, 0.05) is 18.2 Å². The van der Waals surface area contributed by atoms with Gasteiger partial charge in [-0.25, -0.2) is 4.63 Å². The van der Waals surface area contributed by atoms with Crippen molar-refractivity contribution >= 4 is 0 Å². The lowest BCUT2D eigenvalue weighted by Gasteiger charge is -2.10. The molecule has 0 unspecified atom stereocenters. The molecule has 0 fully saturated rings.